The molecule has 8 nitrogen and oxygen atoms in total. The SMILES string of the molecule is C=C1[C@H](OC(=O)c2ccccc2)C[C@@H]2[C@@H](/C=C(\C)C(=O)[C@@]3(O)C[C@H](C)[C@H](OC(=O)c4ccccc4)[C@@H]3[C@H]1OC(C)=O)C2(C)C. The summed E-state index contributed by atoms with van der Waals surface area (Å²) in [6.45, 7) is 13.1. The molecule has 5 rings (SSSR count). The second-order valence-electron chi connectivity index (χ2n) is 13.1. The Morgan fingerprint density at radius 1 is 0.909 bits per heavy atom. The average molecular weight is 601 g/mol. The molecule has 8 heteroatoms. The number of carbonyl (C=O) groups is 4. The van der Waals surface area contributed by atoms with E-state index < -0.39 is 59.4 Å². The molecule has 3 aliphatic rings. The summed E-state index contributed by atoms with van der Waals surface area (Å²) in [4.78, 5) is 53.4. The molecule has 0 radical (unpaired) electrons. The smallest absolute Gasteiger partial charge is 0.338 e. The van der Waals surface area contributed by atoms with Gasteiger partial charge in [-0.3, -0.25) is 9.59 Å². The Bertz CT molecular complexity index is 1490. The van der Waals surface area contributed by atoms with E-state index in [1.54, 1.807) is 74.5 Å². The summed E-state index contributed by atoms with van der Waals surface area (Å²) >= 11 is 0. The number of carbonyl (C=O) groups excluding carboxylic acids is 4. The van der Waals surface area contributed by atoms with Gasteiger partial charge in [0.2, 0.25) is 0 Å². The third kappa shape index (κ3) is 5.75. The molecule has 44 heavy (non-hydrogen) atoms. The van der Waals surface area contributed by atoms with Crippen LogP contribution in [0.1, 0.15) is 68.2 Å². The Morgan fingerprint density at radius 2 is 1.45 bits per heavy atom. The first kappa shape index (κ1) is 31.4. The number of esters is 3. The van der Waals surface area contributed by atoms with Crippen LogP contribution in [-0.2, 0) is 23.8 Å². The van der Waals surface area contributed by atoms with Gasteiger partial charge in [0, 0.05) is 12.5 Å². The molecule has 0 amide bonds. The first-order valence-corrected chi connectivity index (χ1v) is 15.1. The molecular weight excluding hydrogens is 560 g/mol. The number of ether oxygens (including phenoxy) is 3. The summed E-state index contributed by atoms with van der Waals surface area (Å²) in [5.74, 6) is -4.11. The topological polar surface area (TPSA) is 116 Å². The van der Waals surface area contributed by atoms with Crippen LogP contribution >= 0.6 is 0 Å². The lowest BCUT2D eigenvalue weighted by Gasteiger charge is -2.39. The van der Waals surface area contributed by atoms with E-state index in [1.807, 2.05) is 6.08 Å². The van der Waals surface area contributed by atoms with Crippen LogP contribution < -0.4 is 0 Å². The number of fused-ring (bicyclic) bond motifs is 2. The molecule has 0 spiro atoms. The minimum atomic E-state index is -2.06. The molecule has 232 valence electrons. The number of hydrogen-bond donors (Lipinski definition) is 1. The van der Waals surface area contributed by atoms with Crippen LogP contribution in [0.5, 0.6) is 0 Å². The Kier molecular flexibility index (Phi) is 8.42. The molecule has 8 atom stereocenters. The number of allylic oxidation sites excluding steroid dienone is 1. The third-order valence-corrected chi connectivity index (χ3v) is 9.80. The standard InChI is InChI=1S/C36H40O8/c1-20-17-26-27(35(26,5)6)18-28(43-33(39)24-13-9-7-10-14-24)22(3)31(42-23(4)37)29-30(21(2)19-36(29,41)32(20)38)44-34(40)25-15-11-8-12-16-25/h7-17,21,26-31,41H,3,18-19H2,1-2,4-6H3/b20-17+/t21-,26+,27+,28+,29+,30-,31-,36+/m0/s1. The molecule has 0 unspecified atom stereocenters. The lowest BCUT2D eigenvalue weighted by atomic mass is 9.76. The van der Waals surface area contributed by atoms with Crippen LogP contribution in [0.3, 0.4) is 0 Å². The monoisotopic (exact) mass is 600 g/mol. The van der Waals surface area contributed by atoms with Gasteiger partial charge in [-0.1, -0.05) is 69.8 Å². The summed E-state index contributed by atoms with van der Waals surface area (Å²) in [7, 11) is 0. The van der Waals surface area contributed by atoms with E-state index in [2.05, 4.69) is 20.4 Å². The van der Waals surface area contributed by atoms with Gasteiger partial charge in [-0.2, -0.15) is 0 Å². The minimum Gasteiger partial charge on any atom is -0.458 e. The largest absolute Gasteiger partial charge is 0.458 e. The fourth-order valence-electron chi connectivity index (χ4n) is 7.26. The third-order valence-electron chi connectivity index (χ3n) is 9.80. The van der Waals surface area contributed by atoms with E-state index in [-0.39, 0.29) is 29.2 Å². The van der Waals surface area contributed by atoms with E-state index >= 15 is 0 Å². The first-order valence-electron chi connectivity index (χ1n) is 15.1. The Morgan fingerprint density at radius 3 is 2.00 bits per heavy atom. The lowest BCUT2D eigenvalue weighted by molar-refractivity contribution is -0.162. The van der Waals surface area contributed by atoms with Crippen LogP contribution in [0.25, 0.3) is 0 Å². The van der Waals surface area contributed by atoms with Gasteiger partial charge in [-0.05, 0) is 72.8 Å². The molecule has 2 aromatic carbocycles. The second-order valence-corrected chi connectivity index (χ2v) is 13.1. The van der Waals surface area contributed by atoms with E-state index in [9.17, 15) is 24.3 Å². The Hall–Kier alpha value is -4.04. The first-order chi connectivity index (χ1) is 20.8. The lowest BCUT2D eigenvalue weighted by Crippen LogP contribution is -2.53. The fourth-order valence-corrected chi connectivity index (χ4v) is 7.26. The maximum Gasteiger partial charge on any atom is 0.338 e. The van der Waals surface area contributed by atoms with Crippen molar-refractivity contribution < 1.29 is 38.5 Å². The van der Waals surface area contributed by atoms with Crippen molar-refractivity contribution in [1.29, 1.82) is 0 Å². The number of Topliss-reactive ketones (excluding diaryl/α,β-unsaturated/α-hetero) is 1. The van der Waals surface area contributed by atoms with Crippen molar-refractivity contribution in [3.63, 3.8) is 0 Å². The number of aliphatic hydroxyl groups is 1. The average Bonchev–Trinajstić information content (AvgIpc) is 3.38. The highest BCUT2D eigenvalue weighted by Gasteiger charge is 2.64. The predicted molar refractivity (Wildman–Crippen MR) is 162 cm³/mol. The maximum atomic E-state index is 14.2. The van der Waals surface area contributed by atoms with Gasteiger partial charge in [-0.25, -0.2) is 9.59 Å². The van der Waals surface area contributed by atoms with Crippen molar-refractivity contribution in [3.8, 4) is 0 Å². The van der Waals surface area contributed by atoms with Crippen LogP contribution in [-0.4, -0.2) is 52.7 Å². The Balaban J connectivity index is 1.61. The molecular formula is C36H40O8. The molecule has 1 N–H and O–H groups in total. The molecule has 0 aromatic heterocycles. The summed E-state index contributed by atoms with van der Waals surface area (Å²) in [5, 5.41) is 12.3. The van der Waals surface area contributed by atoms with E-state index in [1.165, 1.54) is 6.92 Å². The molecule has 2 saturated carbocycles. The quantitative estimate of drug-likeness (QED) is 0.272. The van der Waals surface area contributed by atoms with Crippen LogP contribution in [0.15, 0.2) is 84.5 Å². The highest BCUT2D eigenvalue weighted by atomic mass is 16.6. The van der Waals surface area contributed by atoms with Crippen LogP contribution in [0.2, 0.25) is 0 Å². The molecule has 3 aliphatic carbocycles. The highest BCUT2D eigenvalue weighted by Crippen LogP contribution is 2.62. The van der Waals surface area contributed by atoms with Crippen LogP contribution in [0.4, 0.5) is 0 Å². The molecule has 2 fully saturated rings. The maximum absolute atomic E-state index is 14.2. The van der Waals surface area contributed by atoms with Crippen LogP contribution in [0, 0.1) is 29.1 Å². The number of rotatable bonds is 5. The zero-order valence-corrected chi connectivity index (χ0v) is 25.8. The number of ketones is 1. The van der Waals surface area contributed by atoms with Crippen molar-refractivity contribution >= 4 is 23.7 Å². The highest BCUT2D eigenvalue weighted by molar-refractivity contribution is 6.02. The summed E-state index contributed by atoms with van der Waals surface area (Å²) < 4.78 is 18.0. The van der Waals surface area contributed by atoms with E-state index in [0.717, 1.165) is 0 Å². The van der Waals surface area contributed by atoms with Gasteiger partial charge < -0.3 is 19.3 Å². The molecule has 0 aliphatic heterocycles. The van der Waals surface area contributed by atoms with Gasteiger partial charge in [0.15, 0.2) is 5.78 Å². The second kappa shape index (κ2) is 11.8. The fraction of sp³-hybridized carbons (Fsp3) is 0.444. The minimum absolute atomic E-state index is 0.0185. The zero-order valence-electron chi connectivity index (χ0n) is 25.8. The zero-order chi connectivity index (χ0) is 32.0. The molecule has 0 saturated heterocycles. The molecule has 2 aromatic rings. The van der Waals surface area contributed by atoms with Gasteiger partial charge in [0.25, 0.3) is 0 Å². The summed E-state index contributed by atoms with van der Waals surface area (Å²) in [5.41, 5.74) is -1.03. The number of hydrogen-bond acceptors (Lipinski definition) is 8. The molecule has 0 bridgehead atoms. The van der Waals surface area contributed by atoms with Crippen molar-refractivity contribution in [3.05, 3.63) is 95.6 Å². The van der Waals surface area contributed by atoms with Crippen molar-refractivity contribution in [2.24, 2.45) is 29.1 Å². The van der Waals surface area contributed by atoms with Gasteiger partial charge in [0.05, 0.1) is 17.0 Å². The van der Waals surface area contributed by atoms with Crippen molar-refractivity contribution in [2.75, 3.05) is 0 Å². The normalized spacial score (nSPS) is 33.9. The van der Waals surface area contributed by atoms with Gasteiger partial charge in [0.1, 0.15) is 23.9 Å². The van der Waals surface area contributed by atoms with E-state index in [4.69, 9.17) is 14.2 Å². The van der Waals surface area contributed by atoms with Crippen molar-refractivity contribution in [2.45, 2.75) is 71.4 Å². The van der Waals surface area contributed by atoms with E-state index in [0.29, 0.717) is 23.1 Å². The van der Waals surface area contributed by atoms with Gasteiger partial charge >= 0.3 is 17.9 Å². The predicted octanol–water partition coefficient (Wildman–Crippen LogP) is 5.50. The molecule has 0 heterocycles. The Labute approximate surface area is 258 Å². The van der Waals surface area contributed by atoms with Gasteiger partial charge in [-0.15, -0.1) is 0 Å². The summed E-state index contributed by atoms with van der Waals surface area (Å²) in [6.07, 6.45) is -1.04. The summed E-state index contributed by atoms with van der Waals surface area (Å²) in [6, 6.07) is 16.9. The number of benzene rings is 2. The van der Waals surface area contributed by atoms with Crippen molar-refractivity contribution in [1.82, 2.24) is 0 Å².